The number of ether oxygens (including phenoxy) is 2. The summed E-state index contributed by atoms with van der Waals surface area (Å²) in [5.41, 5.74) is 0.850. The van der Waals surface area contributed by atoms with Crippen LogP contribution in [0, 0.1) is 0 Å². The fourth-order valence-electron chi connectivity index (χ4n) is 2.27. The Morgan fingerprint density at radius 2 is 2.04 bits per heavy atom. The minimum absolute atomic E-state index is 0.214. The van der Waals surface area contributed by atoms with Gasteiger partial charge in [-0.15, -0.1) is 0 Å². The highest BCUT2D eigenvalue weighted by molar-refractivity contribution is 6.32. The molecule has 0 aromatic heterocycles. The molecule has 0 radical (unpaired) electrons. The van der Waals surface area contributed by atoms with Gasteiger partial charge in [0, 0.05) is 6.54 Å². The van der Waals surface area contributed by atoms with Crippen LogP contribution in [0.5, 0.6) is 11.5 Å². The number of hydrogen-bond donors (Lipinski definition) is 1. The summed E-state index contributed by atoms with van der Waals surface area (Å²) in [4.78, 5) is 25.2. The summed E-state index contributed by atoms with van der Waals surface area (Å²) in [5.74, 6) is 0.572. The molecule has 0 unspecified atom stereocenters. The molecular formula is C16H19ClN2O4. The van der Waals surface area contributed by atoms with Crippen molar-refractivity contribution in [1.82, 2.24) is 10.2 Å². The van der Waals surface area contributed by atoms with Gasteiger partial charge >= 0.3 is 6.03 Å². The van der Waals surface area contributed by atoms with Crippen LogP contribution in [-0.4, -0.2) is 37.1 Å². The van der Waals surface area contributed by atoms with Crippen molar-refractivity contribution in [2.75, 3.05) is 20.3 Å². The third kappa shape index (κ3) is 3.59. The molecule has 1 aromatic rings. The first kappa shape index (κ1) is 17.1. The fourth-order valence-corrected chi connectivity index (χ4v) is 2.55. The normalized spacial score (nSPS) is 16.0. The molecule has 124 valence electrons. The van der Waals surface area contributed by atoms with E-state index in [0.717, 1.165) is 0 Å². The maximum absolute atomic E-state index is 12.2. The number of urea groups is 1. The summed E-state index contributed by atoms with van der Waals surface area (Å²) < 4.78 is 10.7. The summed E-state index contributed by atoms with van der Waals surface area (Å²) in [6.07, 6.45) is 2.27. The van der Waals surface area contributed by atoms with Gasteiger partial charge in [-0.2, -0.15) is 0 Å². The first-order chi connectivity index (χ1) is 11.0. The van der Waals surface area contributed by atoms with Gasteiger partial charge in [0.15, 0.2) is 11.5 Å². The summed E-state index contributed by atoms with van der Waals surface area (Å²) in [7, 11) is 1.51. The lowest BCUT2D eigenvalue weighted by Crippen LogP contribution is -2.31. The second-order valence-electron chi connectivity index (χ2n) is 4.91. The maximum atomic E-state index is 12.2. The number of nitrogens with one attached hydrogen (secondary N) is 1. The minimum Gasteiger partial charge on any atom is -0.493 e. The smallest absolute Gasteiger partial charge is 0.329 e. The number of carbonyl (C=O) groups is 2. The van der Waals surface area contributed by atoms with Crippen molar-refractivity contribution in [2.45, 2.75) is 20.3 Å². The van der Waals surface area contributed by atoms with Gasteiger partial charge in [-0.25, -0.2) is 4.79 Å². The molecule has 0 saturated carbocycles. The quantitative estimate of drug-likeness (QED) is 0.639. The second kappa shape index (κ2) is 7.37. The summed E-state index contributed by atoms with van der Waals surface area (Å²) in [6, 6.07) is 2.95. The second-order valence-corrected chi connectivity index (χ2v) is 5.32. The summed E-state index contributed by atoms with van der Waals surface area (Å²) >= 11 is 6.20. The first-order valence-corrected chi connectivity index (χ1v) is 7.74. The average Bonchev–Trinajstić information content (AvgIpc) is 2.77. The monoisotopic (exact) mass is 338 g/mol. The zero-order valence-electron chi connectivity index (χ0n) is 13.3. The number of amides is 3. The van der Waals surface area contributed by atoms with E-state index >= 15 is 0 Å². The van der Waals surface area contributed by atoms with E-state index in [1.54, 1.807) is 18.2 Å². The molecule has 0 bridgehead atoms. The topological polar surface area (TPSA) is 67.9 Å². The van der Waals surface area contributed by atoms with Crippen LogP contribution in [-0.2, 0) is 4.79 Å². The van der Waals surface area contributed by atoms with Crippen molar-refractivity contribution in [3.63, 3.8) is 0 Å². The minimum atomic E-state index is -0.410. The average molecular weight is 339 g/mol. The lowest BCUT2D eigenvalue weighted by atomic mass is 10.1. The standard InChI is InChI=1S/C16H19ClN2O4/c1-4-6-19-15(20)12(18-16(19)21)8-10-7-11(17)14(23-5-2)13(9-10)22-3/h7-9H,4-6H2,1-3H3,(H,18,21)/b12-8+. The van der Waals surface area contributed by atoms with E-state index in [4.69, 9.17) is 21.1 Å². The highest BCUT2D eigenvalue weighted by atomic mass is 35.5. The van der Waals surface area contributed by atoms with Crippen molar-refractivity contribution in [2.24, 2.45) is 0 Å². The molecule has 3 amide bonds. The Kier molecular flexibility index (Phi) is 5.50. The van der Waals surface area contributed by atoms with Crippen LogP contribution in [0.3, 0.4) is 0 Å². The Bertz CT molecular complexity index is 658. The van der Waals surface area contributed by atoms with Crippen LogP contribution in [0.1, 0.15) is 25.8 Å². The number of benzene rings is 1. The van der Waals surface area contributed by atoms with E-state index < -0.39 is 6.03 Å². The van der Waals surface area contributed by atoms with Gasteiger partial charge in [0.1, 0.15) is 5.70 Å². The van der Waals surface area contributed by atoms with Crippen LogP contribution in [0.2, 0.25) is 5.02 Å². The van der Waals surface area contributed by atoms with Crippen LogP contribution < -0.4 is 14.8 Å². The van der Waals surface area contributed by atoms with Crippen LogP contribution in [0.15, 0.2) is 17.8 Å². The number of imide groups is 1. The molecule has 0 atom stereocenters. The predicted molar refractivity (Wildman–Crippen MR) is 87.7 cm³/mol. The molecule has 23 heavy (non-hydrogen) atoms. The van der Waals surface area contributed by atoms with E-state index in [9.17, 15) is 9.59 Å². The molecule has 6 nitrogen and oxygen atoms in total. The van der Waals surface area contributed by atoms with Crippen LogP contribution in [0.4, 0.5) is 4.79 Å². The van der Waals surface area contributed by atoms with E-state index in [1.807, 2.05) is 13.8 Å². The number of carbonyl (C=O) groups excluding carboxylic acids is 2. The van der Waals surface area contributed by atoms with Gasteiger partial charge in [0.05, 0.1) is 18.7 Å². The van der Waals surface area contributed by atoms with E-state index in [0.29, 0.717) is 41.7 Å². The van der Waals surface area contributed by atoms with Crippen LogP contribution in [0.25, 0.3) is 6.08 Å². The first-order valence-electron chi connectivity index (χ1n) is 7.36. The van der Waals surface area contributed by atoms with Gasteiger partial charge in [-0.3, -0.25) is 9.69 Å². The zero-order valence-corrected chi connectivity index (χ0v) is 14.1. The van der Waals surface area contributed by atoms with Crippen molar-refractivity contribution in [3.8, 4) is 11.5 Å². The Labute approximate surface area is 140 Å². The molecule has 1 aliphatic heterocycles. The zero-order chi connectivity index (χ0) is 17.0. The third-order valence-electron chi connectivity index (χ3n) is 3.26. The fraction of sp³-hybridized carbons (Fsp3) is 0.375. The third-order valence-corrected chi connectivity index (χ3v) is 3.54. The Morgan fingerprint density at radius 1 is 1.30 bits per heavy atom. The van der Waals surface area contributed by atoms with Gasteiger partial charge in [-0.05, 0) is 37.1 Å². The number of rotatable bonds is 6. The van der Waals surface area contributed by atoms with E-state index in [1.165, 1.54) is 12.0 Å². The SMILES string of the molecule is CCCN1C(=O)N/C(=C/c2cc(Cl)c(OCC)c(OC)c2)C1=O. The molecule has 2 rings (SSSR count). The van der Waals surface area contributed by atoms with Gasteiger partial charge in [-0.1, -0.05) is 18.5 Å². The summed E-state index contributed by atoms with van der Waals surface area (Å²) in [6.45, 7) is 4.59. The number of hydrogen-bond acceptors (Lipinski definition) is 4. The summed E-state index contributed by atoms with van der Waals surface area (Å²) in [5, 5.41) is 2.94. The van der Waals surface area contributed by atoms with Crippen molar-refractivity contribution in [1.29, 1.82) is 0 Å². The molecule has 1 heterocycles. The highest BCUT2D eigenvalue weighted by Gasteiger charge is 2.32. The molecule has 0 aliphatic carbocycles. The number of nitrogens with zero attached hydrogens (tertiary/aromatic N) is 1. The van der Waals surface area contributed by atoms with Crippen LogP contribution >= 0.6 is 11.6 Å². The molecule has 1 fully saturated rings. The molecular weight excluding hydrogens is 320 g/mol. The number of methoxy groups -OCH3 is 1. The van der Waals surface area contributed by atoms with E-state index in [-0.39, 0.29) is 11.6 Å². The maximum Gasteiger partial charge on any atom is 0.329 e. The molecule has 1 aromatic carbocycles. The Morgan fingerprint density at radius 3 is 2.65 bits per heavy atom. The predicted octanol–water partition coefficient (Wildman–Crippen LogP) is 3.05. The largest absolute Gasteiger partial charge is 0.493 e. The van der Waals surface area contributed by atoms with E-state index in [2.05, 4.69) is 5.32 Å². The lowest BCUT2D eigenvalue weighted by Gasteiger charge is -2.12. The number of halogens is 1. The molecule has 0 spiro atoms. The van der Waals surface area contributed by atoms with Crippen molar-refractivity contribution >= 4 is 29.6 Å². The van der Waals surface area contributed by atoms with Gasteiger partial charge < -0.3 is 14.8 Å². The lowest BCUT2D eigenvalue weighted by molar-refractivity contribution is -0.122. The Hall–Kier alpha value is -2.21. The molecule has 7 heteroatoms. The van der Waals surface area contributed by atoms with Gasteiger partial charge in [0.25, 0.3) is 5.91 Å². The van der Waals surface area contributed by atoms with Crippen molar-refractivity contribution in [3.05, 3.63) is 28.4 Å². The van der Waals surface area contributed by atoms with Gasteiger partial charge in [0.2, 0.25) is 0 Å². The van der Waals surface area contributed by atoms with Crippen molar-refractivity contribution < 1.29 is 19.1 Å². The highest BCUT2D eigenvalue weighted by Crippen LogP contribution is 2.37. The Balaban J connectivity index is 2.34. The molecule has 1 N–H and O–H groups in total. The molecule has 1 saturated heterocycles. The molecule has 1 aliphatic rings.